The summed E-state index contributed by atoms with van der Waals surface area (Å²) < 4.78 is 5.13. The first kappa shape index (κ1) is 12.7. The van der Waals surface area contributed by atoms with Crippen molar-refractivity contribution >= 4 is 11.9 Å². The summed E-state index contributed by atoms with van der Waals surface area (Å²) >= 11 is 0. The van der Waals surface area contributed by atoms with Crippen LogP contribution in [0, 0.1) is 5.92 Å². The molecule has 1 amide bonds. The van der Waals surface area contributed by atoms with Crippen LogP contribution in [-0.2, 0) is 14.3 Å². The number of esters is 1. The maximum atomic E-state index is 11.6. The lowest BCUT2D eigenvalue weighted by Crippen LogP contribution is -2.28. The number of carbonyl (C=O) groups excluding carboxylic acids is 2. The molecule has 0 radical (unpaired) electrons. The standard InChI is InChI=1S/C12H19NO3/c1-3-5-8-16-12(15)10-6-7-13(9-10)11(14)4-2/h4,10H,2-3,5-9H2,1H3. The van der Waals surface area contributed by atoms with Crippen LogP contribution in [0.15, 0.2) is 12.7 Å². The van der Waals surface area contributed by atoms with Gasteiger partial charge in [0, 0.05) is 13.1 Å². The Kier molecular flexibility index (Phi) is 5.02. The third-order valence-corrected chi connectivity index (χ3v) is 2.75. The van der Waals surface area contributed by atoms with Crippen LogP contribution < -0.4 is 0 Å². The van der Waals surface area contributed by atoms with Gasteiger partial charge in [0.2, 0.25) is 5.91 Å². The van der Waals surface area contributed by atoms with Gasteiger partial charge in [-0.25, -0.2) is 0 Å². The normalized spacial score (nSPS) is 19.6. The van der Waals surface area contributed by atoms with Crippen molar-refractivity contribution < 1.29 is 14.3 Å². The van der Waals surface area contributed by atoms with Gasteiger partial charge in [-0.15, -0.1) is 0 Å². The van der Waals surface area contributed by atoms with Gasteiger partial charge in [0.05, 0.1) is 12.5 Å². The van der Waals surface area contributed by atoms with Gasteiger partial charge in [-0.05, 0) is 18.9 Å². The molecule has 0 N–H and O–H groups in total. The van der Waals surface area contributed by atoms with E-state index in [1.165, 1.54) is 6.08 Å². The number of nitrogens with zero attached hydrogens (tertiary/aromatic N) is 1. The van der Waals surface area contributed by atoms with Crippen LogP contribution in [0.1, 0.15) is 26.2 Å². The van der Waals surface area contributed by atoms with E-state index in [4.69, 9.17) is 4.74 Å². The number of hydrogen-bond acceptors (Lipinski definition) is 3. The van der Waals surface area contributed by atoms with Crippen LogP contribution in [-0.4, -0.2) is 36.5 Å². The Morgan fingerprint density at radius 3 is 2.94 bits per heavy atom. The first-order valence-corrected chi connectivity index (χ1v) is 5.77. The number of ether oxygens (including phenoxy) is 1. The van der Waals surface area contributed by atoms with E-state index < -0.39 is 0 Å². The molecule has 1 aliphatic rings. The Labute approximate surface area is 96.3 Å². The number of unbranched alkanes of at least 4 members (excludes halogenated alkanes) is 1. The number of likely N-dealkylation sites (tertiary alicyclic amines) is 1. The van der Waals surface area contributed by atoms with E-state index >= 15 is 0 Å². The van der Waals surface area contributed by atoms with Gasteiger partial charge in [0.1, 0.15) is 0 Å². The van der Waals surface area contributed by atoms with Gasteiger partial charge >= 0.3 is 5.97 Å². The molecule has 16 heavy (non-hydrogen) atoms. The summed E-state index contributed by atoms with van der Waals surface area (Å²) in [6.45, 7) is 7.06. The van der Waals surface area contributed by atoms with Crippen molar-refractivity contribution in [2.45, 2.75) is 26.2 Å². The Hall–Kier alpha value is -1.32. The van der Waals surface area contributed by atoms with E-state index in [1.54, 1.807) is 4.90 Å². The predicted octanol–water partition coefficient (Wildman–Crippen LogP) is 1.36. The molecule has 1 aliphatic heterocycles. The van der Waals surface area contributed by atoms with Crippen molar-refractivity contribution in [2.24, 2.45) is 5.92 Å². The second-order valence-electron chi connectivity index (χ2n) is 4.00. The minimum atomic E-state index is -0.173. The minimum absolute atomic E-state index is 0.108. The summed E-state index contributed by atoms with van der Waals surface area (Å²) in [5, 5.41) is 0. The summed E-state index contributed by atoms with van der Waals surface area (Å²) in [4.78, 5) is 24.5. The van der Waals surface area contributed by atoms with Gasteiger partial charge in [-0.2, -0.15) is 0 Å². The number of hydrogen-bond donors (Lipinski definition) is 0. The zero-order valence-corrected chi connectivity index (χ0v) is 9.78. The quantitative estimate of drug-likeness (QED) is 0.403. The molecule has 0 spiro atoms. The third-order valence-electron chi connectivity index (χ3n) is 2.75. The van der Waals surface area contributed by atoms with E-state index in [9.17, 15) is 9.59 Å². The van der Waals surface area contributed by atoms with Gasteiger partial charge in [0.25, 0.3) is 0 Å². The Balaban J connectivity index is 2.32. The van der Waals surface area contributed by atoms with E-state index in [0.717, 1.165) is 12.8 Å². The topological polar surface area (TPSA) is 46.6 Å². The first-order chi connectivity index (χ1) is 7.69. The molecule has 4 nitrogen and oxygen atoms in total. The van der Waals surface area contributed by atoms with E-state index in [-0.39, 0.29) is 17.8 Å². The van der Waals surface area contributed by atoms with Gasteiger partial charge in [0.15, 0.2) is 0 Å². The van der Waals surface area contributed by atoms with Crippen LogP contribution in [0.2, 0.25) is 0 Å². The lowest BCUT2D eigenvalue weighted by atomic mass is 10.1. The van der Waals surface area contributed by atoms with E-state index in [2.05, 4.69) is 6.58 Å². The van der Waals surface area contributed by atoms with Crippen LogP contribution in [0.25, 0.3) is 0 Å². The number of amides is 1. The summed E-state index contributed by atoms with van der Waals surface area (Å²) in [6.07, 6.45) is 3.89. The number of rotatable bonds is 5. The fraction of sp³-hybridized carbons (Fsp3) is 0.667. The smallest absolute Gasteiger partial charge is 0.310 e. The first-order valence-electron chi connectivity index (χ1n) is 5.77. The third kappa shape index (κ3) is 3.36. The SMILES string of the molecule is C=CC(=O)N1CCC(C(=O)OCCCC)C1. The second kappa shape index (κ2) is 6.30. The molecule has 1 atom stereocenters. The summed E-state index contributed by atoms with van der Waals surface area (Å²) in [6, 6.07) is 0. The van der Waals surface area contributed by atoms with Crippen molar-refractivity contribution in [1.82, 2.24) is 4.90 Å². The maximum absolute atomic E-state index is 11.6. The highest BCUT2D eigenvalue weighted by Crippen LogP contribution is 2.18. The fourth-order valence-electron chi connectivity index (χ4n) is 1.72. The van der Waals surface area contributed by atoms with Gasteiger partial charge in [-0.1, -0.05) is 19.9 Å². The zero-order valence-electron chi connectivity index (χ0n) is 9.78. The molecule has 1 fully saturated rings. The molecule has 1 heterocycles. The van der Waals surface area contributed by atoms with Gasteiger partial charge in [-0.3, -0.25) is 9.59 Å². The Morgan fingerprint density at radius 2 is 2.31 bits per heavy atom. The molecule has 1 rings (SSSR count). The molecular formula is C12H19NO3. The second-order valence-corrected chi connectivity index (χ2v) is 4.00. The average Bonchev–Trinajstić information content (AvgIpc) is 2.77. The lowest BCUT2D eigenvalue weighted by Gasteiger charge is -2.13. The highest BCUT2D eigenvalue weighted by atomic mass is 16.5. The minimum Gasteiger partial charge on any atom is -0.465 e. The molecule has 0 aromatic carbocycles. The van der Waals surface area contributed by atoms with Crippen molar-refractivity contribution in [3.8, 4) is 0 Å². The zero-order chi connectivity index (χ0) is 12.0. The molecule has 1 unspecified atom stereocenters. The average molecular weight is 225 g/mol. The largest absolute Gasteiger partial charge is 0.465 e. The molecule has 0 bridgehead atoms. The van der Waals surface area contributed by atoms with Crippen LogP contribution in [0.5, 0.6) is 0 Å². The van der Waals surface area contributed by atoms with Crippen LogP contribution in [0.3, 0.4) is 0 Å². The highest BCUT2D eigenvalue weighted by molar-refractivity contribution is 5.88. The molecule has 90 valence electrons. The van der Waals surface area contributed by atoms with Gasteiger partial charge < -0.3 is 9.64 Å². The van der Waals surface area contributed by atoms with Crippen molar-refractivity contribution in [3.05, 3.63) is 12.7 Å². The van der Waals surface area contributed by atoms with Crippen molar-refractivity contribution in [1.29, 1.82) is 0 Å². The van der Waals surface area contributed by atoms with Crippen LogP contribution in [0.4, 0.5) is 0 Å². The predicted molar refractivity (Wildman–Crippen MR) is 60.8 cm³/mol. The van der Waals surface area contributed by atoms with Crippen molar-refractivity contribution in [3.63, 3.8) is 0 Å². The summed E-state index contributed by atoms with van der Waals surface area (Å²) in [5.41, 5.74) is 0. The highest BCUT2D eigenvalue weighted by Gasteiger charge is 2.30. The Bertz CT molecular complexity index is 275. The number of carbonyl (C=O) groups is 2. The molecule has 1 saturated heterocycles. The summed E-state index contributed by atoms with van der Waals surface area (Å²) in [7, 11) is 0. The van der Waals surface area contributed by atoms with Crippen molar-refractivity contribution in [2.75, 3.05) is 19.7 Å². The Morgan fingerprint density at radius 1 is 1.56 bits per heavy atom. The molecule has 0 aliphatic carbocycles. The maximum Gasteiger partial charge on any atom is 0.310 e. The van der Waals surface area contributed by atoms with E-state index in [1.807, 2.05) is 6.92 Å². The molecule has 4 heteroatoms. The molecule has 0 aromatic heterocycles. The van der Waals surface area contributed by atoms with Crippen LogP contribution >= 0.6 is 0 Å². The monoisotopic (exact) mass is 225 g/mol. The fourth-order valence-corrected chi connectivity index (χ4v) is 1.72. The molecular weight excluding hydrogens is 206 g/mol. The summed E-state index contributed by atoms with van der Waals surface area (Å²) in [5.74, 6) is -0.433. The van der Waals surface area contributed by atoms with E-state index in [0.29, 0.717) is 26.1 Å². The molecule has 0 aromatic rings. The molecule has 0 saturated carbocycles. The lowest BCUT2D eigenvalue weighted by molar-refractivity contribution is -0.148.